The van der Waals surface area contributed by atoms with Crippen LogP contribution in [0.25, 0.3) is 10.9 Å². The summed E-state index contributed by atoms with van der Waals surface area (Å²) in [5, 5.41) is 1.61. The summed E-state index contributed by atoms with van der Waals surface area (Å²) in [5.74, 6) is 5.43. The predicted molar refractivity (Wildman–Crippen MR) is 63.9 cm³/mol. The second kappa shape index (κ2) is 4.04. The van der Waals surface area contributed by atoms with Crippen LogP contribution in [0, 0.1) is 0 Å². The summed E-state index contributed by atoms with van der Waals surface area (Å²) in [6.45, 7) is 2.04. The predicted octanol–water partition coefficient (Wildman–Crippen LogP) is 2.74. The Morgan fingerprint density at radius 3 is 2.93 bits per heavy atom. The largest absolute Gasteiger partial charge is 0.322 e. The van der Waals surface area contributed by atoms with Crippen molar-refractivity contribution in [2.45, 2.75) is 13.3 Å². The number of aryl methyl sites for hydroxylation is 1. The molecule has 78 valence electrons. The third-order valence-corrected chi connectivity index (χ3v) is 2.70. The number of nitrogens with two attached hydrogens (primary N) is 1. The number of pyridine rings is 1. The van der Waals surface area contributed by atoms with Crippen molar-refractivity contribution in [3.05, 3.63) is 35.0 Å². The van der Waals surface area contributed by atoms with Crippen molar-refractivity contribution < 1.29 is 0 Å². The van der Waals surface area contributed by atoms with Crippen molar-refractivity contribution in [1.29, 1.82) is 0 Å². The number of hydrogen-bond donors (Lipinski definition) is 2. The summed E-state index contributed by atoms with van der Waals surface area (Å²) >= 11 is 6.07. The maximum Gasteiger partial charge on any atom is 0.0721 e. The van der Waals surface area contributed by atoms with Gasteiger partial charge in [-0.3, -0.25) is 10.8 Å². The molecule has 0 spiro atoms. The van der Waals surface area contributed by atoms with Gasteiger partial charge in [0, 0.05) is 5.39 Å². The molecule has 0 atom stereocenters. The molecule has 2 aromatic rings. The Morgan fingerprint density at radius 2 is 2.27 bits per heavy atom. The van der Waals surface area contributed by atoms with E-state index in [0.717, 1.165) is 28.7 Å². The van der Waals surface area contributed by atoms with Gasteiger partial charge in [0.05, 0.1) is 21.9 Å². The molecule has 1 aromatic heterocycles. The van der Waals surface area contributed by atoms with Crippen molar-refractivity contribution in [3.63, 3.8) is 0 Å². The van der Waals surface area contributed by atoms with Crippen molar-refractivity contribution in [1.82, 2.24) is 4.98 Å². The van der Waals surface area contributed by atoms with Crippen LogP contribution >= 0.6 is 11.6 Å². The summed E-state index contributed by atoms with van der Waals surface area (Å²) in [5.41, 5.74) is 5.33. The number of rotatable bonds is 2. The average molecular weight is 222 g/mol. The molecular formula is C11H12ClN3. The Kier molecular flexibility index (Phi) is 2.75. The normalized spacial score (nSPS) is 10.6. The molecule has 0 bridgehead atoms. The first-order chi connectivity index (χ1) is 7.26. The highest BCUT2D eigenvalue weighted by Crippen LogP contribution is 2.26. The lowest BCUT2D eigenvalue weighted by atomic mass is 10.1. The van der Waals surface area contributed by atoms with Gasteiger partial charge in [-0.05, 0) is 24.6 Å². The quantitative estimate of drug-likeness (QED) is 0.606. The van der Waals surface area contributed by atoms with Gasteiger partial charge in [0.1, 0.15) is 0 Å². The number of nitrogen functional groups attached to an aromatic ring is 1. The van der Waals surface area contributed by atoms with Crippen molar-refractivity contribution in [2.75, 3.05) is 5.43 Å². The van der Waals surface area contributed by atoms with Crippen LogP contribution in [0.4, 0.5) is 5.69 Å². The molecule has 3 N–H and O–H groups in total. The molecule has 0 saturated heterocycles. The first kappa shape index (κ1) is 10.2. The van der Waals surface area contributed by atoms with Gasteiger partial charge in [-0.15, -0.1) is 0 Å². The lowest BCUT2D eigenvalue weighted by Gasteiger charge is -2.08. The van der Waals surface area contributed by atoms with Gasteiger partial charge in [-0.25, -0.2) is 0 Å². The van der Waals surface area contributed by atoms with Crippen molar-refractivity contribution in [3.8, 4) is 0 Å². The van der Waals surface area contributed by atoms with Gasteiger partial charge in [-0.1, -0.05) is 24.6 Å². The SMILES string of the molecule is CCc1nc2cccc(Cl)c2cc1NN. The number of nitrogens with zero attached hydrogens (tertiary/aromatic N) is 1. The fraction of sp³-hybridized carbons (Fsp3) is 0.182. The van der Waals surface area contributed by atoms with E-state index in [-0.39, 0.29) is 0 Å². The number of aromatic nitrogens is 1. The molecule has 0 radical (unpaired) electrons. The van der Waals surface area contributed by atoms with E-state index in [2.05, 4.69) is 10.4 Å². The van der Waals surface area contributed by atoms with Gasteiger partial charge >= 0.3 is 0 Å². The van der Waals surface area contributed by atoms with E-state index >= 15 is 0 Å². The molecule has 0 fully saturated rings. The minimum Gasteiger partial charge on any atom is -0.322 e. The van der Waals surface area contributed by atoms with E-state index in [1.165, 1.54) is 0 Å². The topological polar surface area (TPSA) is 50.9 Å². The molecule has 15 heavy (non-hydrogen) atoms. The highest BCUT2D eigenvalue weighted by Gasteiger charge is 2.06. The van der Waals surface area contributed by atoms with E-state index in [0.29, 0.717) is 5.02 Å². The molecule has 0 aliphatic carbocycles. The van der Waals surface area contributed by atoms with Crippen LogP contribution in [0.15, 0.2) is 24.3 Å². The molecule has 0 unspecified atom stereocenters. The fourth-order valence-electron chi connectivity index (χ4n) is 1.59. The second-order valence-corrected chi connectivity index (χ2v) is 3.69. The zero-order valence-electron chi connectivity index (χ0n) is 8.42. The molecule has 0 aliphatic heterocycles. The molecule has 0 amide bonds. The van der Waals surface area contributed by atoms with E-state index in [9.17, 15) is 0 Å². The number of anilines is 1. The Hall–Kier alpha value is -1.32. The third kappa shape index (κ3) is 1.76. The van der Waals surface area contributed by atoms with Crippen LogP contribution in [-0.2, 0) is 6.42 Å². The summed E-state index contributed by atoms with van der Waals surface area (Å²) in [4.78, 5) is 4.50. The first-order valence-corrected chi connectivity index (χ1v) is 5.18. The maximum absolute atomic E-state index is 6.07. The number of hydrazine groups is 1. The second-order valence-electron chi connectivity index (χ2n) is 3.29. The number of benzene rings is 1. The number of hydrogen-bond acceptors (Lipinski definition) is 3. The summed E-state index contributed by atoms with van der Waals surface area (Å²) in [7, 11) is 0. The standard InChI is InChI=1S/C11H12ClN3/c1-2-9-11(15-13)6-7-8(12)4-3-5-10(7)14-9/h3-6,15H,2,13H2,1H3. The summed E-state index contributed by atoms with van der Waals surface area (Å²) in [6.07, 6.45) is 0.835. The van der Waals surface area contributed by atoms with Crippen LogP contribution in [-0.4, -0.2) is 4.98 Å². The van der Waals surface area contributed by atoms with E-state index in [4.69, 9.17) is 17.4 Å². The van der Waals surface area contributed by atoms with Gasteiger partial charge in [0.2, 0.25) is 0 Å². The highest BCUT2D eigenvalue weighted by atomic mass is 35.5. The smallest absolute Gasteiger partial charge is 0.0721 e. The third-order valence-electron chi connectivity index (χ3n) is 2.38. The van der Waals surface area contributed by atoms with Gasteiger partial charge in [-0.2, -0.15) is 0 Å². The molecule has 0 saturated carbocycles. The van der Waals surface area contributed by atoms with Gasteiger partial charge < -0.3 is 5.43 Å². The number of halogens is 1. The zero-order valence-corrected chi connectivity index (χ0v) is 9.17. The lowest BCUT2D eigenvalue weighted by Crippen LogP contribution is -2.10. The molecular weight excluding hydrogens is 210 g/mol. The molecule has 3 nitrogen and oxygen atoms in total. The minimum atomic E-state index is 0.694. The maximum atomic E-state index is 6.07. The van der Waals surface area contributed by atoms with Crippen LogP contribution in [0.5, 0.6) is 0 Å². The molecule has 2 rings (SSSR count). The molecule has 4 heteroatoms. The lowest BCUT2D eigenvalue weighted by molar-refractivity contribution is 1.05. The zero-order chi connectivity index (χ0) is 10.8. The number of fused-ring (bicyclic) bond motifs is 1. The monoisotopic (exact) mass is 221 g/mol. The summed E-state index contributed by atoms with van der Waals surface area (Å²) < 4.78 is 0. The van der Waals surface area contributed by atoms with Crippen LogP contribution < -0.4 is 11.3 Å². The number of nitrogens with one attached hydrogen (secondary N) is 1. The Bertz CT molecular complexity index is 496. The fourth-order valence-corrected chi connectivity index (χ4v) is 1.82. The Balaban J connectivity index is 2.75. The van der Waals surface area contributed by atoms with Crippen LogP contribution in [0.1, 0.15) is 12.6 Å². The average Bonchev–Trinajstić information content (AvgIpc) is 2.28. The van der Waals surface area contributed by atoms with Crippen LogP contribution in [0.3, 0.4) is 0 Å². The Labute approximate surface area is 93.2 Å². The Morgan fingerprint density at radius 1 is 1.47 bits per heavy atom. The minimum absolute atomic E-state index is 0.694. The van der Waals surface area contributed by atoms with Crippen molar-refractivity contribution >= 4 is 28.2 Å². The molecule has 0 aliphatic rings. The highest BCUT2D eigenvalue weighted by molar-refractivity contribution is 6.35. The summed E-state index contributed by atoms with van der Waals surface area (Å²) in [6, 6.07) is 7.62. The first-order valence-electron chi connectivity index (χ1n) is 4.81. The molecule has 1 heterocycles. The van der Waals surface area contributed by atoms with Gasteiger partial charge in [0.15, 0.2) is 0 Å². The van der Waals surface area contributed by atoms with E-state index < -0.39 is 0 Å². The van der Waals surface area contributed by atoms with E-state index in [1.807, 2.05) is 31.2 Å². The van der Waals surface area contributed by atoms with Gasteiger partial charge in [0.25, 0.3) is 0 Å². The molecule has 1 aromatic carbocycles. The van der Waals surface area contributed by atoms with Crippen molar-refractivity contribution in [2.24, 2.45) is 5.84 Å². The van der Waals surface area contributed by atoms with E-state index in [1.54, 1.807) is 0 Å². The van der Waals surface area contributed by atoms with Crippen LogP contribution in [0.2, 0.25) is 5.02 Å².